The van der Waals surface area contributed by atoms with E-state index in [1.165, 1.54) is 19.1 Å². The lowest BCUT2D eigenvalue weighted by Crippen LogP contribution is -2.68. The number of hydrogen-bond acceptors (Lipinski definition) is 9. The quantitative estimate of drug-likeness (QED) is 0.656. The summed E-state index contributed by atoms with van der Waals surface area (Å²) < 4.78 is 22.6. The Morgan fingerprint density at radius 1 is 1.06 bits per heavy atom. The fourth-order valence-corrected chi connectivity index (χ4v) is 6.66. The third-order valence-electron chi connectivity index (χ3n) is 8.14. The van der Waals surface area contributed by atoms with Crippen molar-refractivity contribution in [3.05, 3.63) is 39.4 Å². The van der Waals surface area contributed by atoms with E-state index < -0.39 is 30.8 Å². The summed E-state index contributed by atoms with van der Waals surface area (Å²) in [5.41, 5.74) is 3.39. The highest BCUT2D eigenvalue weighted by Crippen LogP contribution is 2.57. The van der Waals surface area contributed by atoms with Crippen LogP contribution in [0.15, 0.2) is 6.07 Å². The zero-order chi connectivity index (χ0) is 25.6. The molecule has 36 heavy (non-hydrogen) atoms. The number of likely N-dealkylation sites (N-methyl/N-ethyl adjacent to an activating group) is 1. The first-order valence-corrected chi connectivity index (χ1v) is 11.8. The number of carbonyl (C=O) groups excluding carboxylic acids is 2. The number of hydrogen-bond donors (Lipinski definition) is 2. The number of aromatic hydroxyl groups is 1. The van der Waals surface area contributed by atoms with Crippen LogP contribution in [0, 0.1) is 13.8 Å². The Bertz CT molecular complexity index is 1340. The number of phenolic OH excluding ortho intramolecular Hbond substituents is 1. The number of benzene rings is 2. The van der Waals surface area contributed by atoms with Crippen LogP contribution in [-0.4, -0.2) is 78.5 Å². The molecule has 1 amide bonds. The number of ketones is 1. The number of methoxy groups -OCH3 is 2. The van der Waals surface area contributed by atoms with Gasteiger partial charge in [0.25, 0.3) is 0 Å². The summed E-state index contributed by atoms with van der Waals surface area (Å²) in [7, 11) is 4.75. The molecule has 2 aromatic rings. The first-order chi connectivity index (χ1) is 17.3. The SMILES string of the molecule is COc1c(C)cc2c(c1O)C1C3C(=O)c4c(OC)c(C)c5c(c4[C@H](CO)N3C(=O)C(C2)N1C)OCO5. The van der Waals surface area contributed by atoms with E-state index in [1.807, 2.05) is 17.9 Å². The number of aliphatic hydroxyl groups excluding tert-OH is 1. The van der Waals surface area contributed by atoms with Gasteiger partial charge in [-0.15, -0.1) is 0 Å². The van der Waals surface area contributed by atoms with Crippen molar-refractivity contribution in [2.24, 2.45) is 0 Å². The summed E-state index contributed by atoms with van der Waals surface area (Å²) in [6, 6.07) is -1.16. The van der Waals surface area contributed by atoms with E-state index in [9.17, 15) is 19.8 Å². The Balaban J connectivity index is 1.65. The van der Waals surface area contributed by atoms with Crippen molar-refractivity contribution in [2.75, 3.05) is 34.7 Å². The zero-order valence-electron chi connectivity index (χ0n) is 20.7. The largest absolute Gasteiger partial charge is 0.504 e. The monoisotopic (exact) mass is 496 g/mol. The maximum atomic E-state index is 14.4. The van der Waals surface area contributed by atoms with Gasteiger partial charge in [-0.2, -0.15) is 0 Å². The molecule has 4 aliphatic rings. The van der Waals surface area contributed by atoms with Crippen LogP contribution < -0.4 is 18.9 Å². The normalized spacial score (nSPS) is 25.9. The lowest BCUT2D eigenvalue weighted by Gasteiger charge is -2.56. The Morgan fingerprint density at radius 2 is 1.75 bits per heavy atom. The van der Waals surface area contributed by atoms with Crippen molar-refractivity contribution in [2.45, 2.75) is 44.4 Å². The van der Waals surface area contributed by atoms with Crippen LogP contribution in [0.5, 0.6) is 28.7 Å². The van der Waals surface area contributed by atoms with Gasteiger partial charge in [-0.25, -0.2) is 0 Å². The number of rotatable bonds is 3. The van der Waals surface area contributed by atoms with Gasteiger partial charge in [0.1, 0.15) is 11.8 Å². The van der Waals surface area contributed by atoms with E-state index in [0.717, 1.165) is 11.1 Å². The molecular formula is C26H28N2O8. The van der Waals surface area contributed by atoms with Crippen LogP contribution in [0.3, 0.4) is 0 Å². The Morgan fingerprint density at radius 3 is 2.42 bits per heavy atom. The van der Waals surface area contributed by atoms with Gasteiger partial charge in [-0.05, 0) is 38.4 Å². The third kappa shape index (κ3) is 2.63. The summed E-state index contributed by atoms with van der Waals surface area (Å²) >= 11 is 0. The molecule has 4 heterocycles. The molecule has 10 nitrogen and oxygen atoms in total. The maximum Gasteiger partial charge on any atom is 0.241 e. The Kier molecular flexibility index (Phi) is 4.94. The average molecular weight is 497 g/mol. The van der Waals surface area contributed by atoms with E-state index in [-0.39, 0.29) is 29.8 Å². The number of nitrogens with zero attached hydrogens (tertiary/aromatic N) is 2. The van der Waals surface area contributed by atoms with Crippen molar-refractivity contribution in [3.63, 3.8) is 0 Å². The van der Waals surface area contributed by atoms with Crippen molar-refractivity contribution in [3.8, 4) is 28.7 Å². The zero-order valence-corrected chi connectivity index (χ0v) is 20.7. The molecule has 0 aromatic heterocycles. The molecule has 6 rings (SSSR count). The molecule has 10 heteroatoms. The van der Waals surface area contributed by atoms with Crippen molar-refractivity contribution >= 4 is 11.7 Å². The minimum absolute atomic E-state index is 0.0339. The maximum absolute atomic E-state index is 14.4. The lowest BCUT2D eigenvalue weighted by atomic mass is 9.73. The number of aryl methyl sites for hydroxylation is 1. The summed E-state index contributed by atoms with van der Waals surface area (Å²) in [4.78, 5) is 31.7. The first kappa shape index (κ1) is 22.9. The number of fused-ring (bicyclic) bond motifs is 9. The molecule has 0 saturated carbocycles. The molecule has 0 spiro atoms. The second-order valence-electron chi connectivity index (χ2n) is 9.74. The number of aliphatic hydroxyl groups is 1. The summed E-state index contributed by atoms with van der Waals surface area (Å²) in [6.07, 6.45) is 0.358. The van der Waals surface area contributed by atoms with Crippen LogP contribution in [0.25, 0.3) is 0 Å². The molecule has 1 fully saturated rings. The predicted molar refractivity (Wildman–Crippen MR) is 126 cm³/mol. The molecular weight excluding hydrogens is 468 g/mol. The highest BCUT2D eigenvalue weighted by molar-refractivity contribution is 6.10. The third-order valence-corrected chi connectivity index (χ3v) is 8.14. The number of amides is 1. The molecule has 2 bridgehead atoms. The van der Waals surface area contributed by atoms with E-state index in [0.29, 0.717) is 46.1 Å². The number of phenols is 1. The molecule has 4 atom stereocenters. The topological polar surface area (TPSA) is 118 Å². The smallest absolute Gasteiger partial charge is 0.241 e. The van der Waals surface area contributed by atoms with Gasteiger partial charge in [0.05, 0.1) is 44.5 Å². The van der Waals surface area contributed by atoms with Crippen molar-refractivity contribution in [1.82, 2.24) is 9.80 Å². The average Bonchev–Trinajstić information content (AvgIpc) is 3.34. The number of ether oxygens (including phenoxy) is 4. The molecule has 190 valence electrons. The standard InChI is InChI=1S/C26H28N2O8/c1-10-6-12-7-13-26(32)28-14(8-29)16-17(23(34-5)11(2)24-25(16)36-9-35-24)20(30)19(28)18(27(13)3)15(12)21(31)22(10)33-4/h6,13-14,18-19,29,31H,7-9H2,1-5H3/t13?,14-,18?,19?/m0/s1. The number of carbonyl (C=O) groups is 2. The predicted octanol–water partition coefficient (Wildman–Crippen LogP) is 1.79. The van der Waals surface area contributed by atoms with Gasteiger partial charge < -0.3 is 34.1 Å². The number of Topliss-reactive ketones (excluding diaryl/α,β-unsaturated/α-hetero) is 1. The van der Waals surface area contributed by atoms with Crippen LogP contribution in [-0.2, 0) is 11.2 Å². The van der Waals surface area contributed by atoms with E-state index in [1.54, 1.807) is 14.0 Å². The van der Waals surface area contributed by atoms with Crippen LogP contribution >= 0.6 is 0 Å². The van der Waals surface area contributed by atoms with Crippen LogP contribution in [0.2, 0.25) is 0 Å². The minimum Gasteiger partial charge on any atom is -0.504 e. The van der Waals surface area contributed by atoms with E-state index >= 15 is 0 Å². The molecule has 0 aliphatic carbocycles. The molecule has 2 aromatic carbocycles. The first-order valence-electron chi connectivity index (χ1n) is 11.8. The van der Waals surface area contributed by atoms with Gasteiger partial charge >= 0.3 is 0 Å². The second kappa shape index (κ2) is 7.75. The minimum atomic E-state index is -1.01. The highest BCUT2D eigenvalue weighted by Gasteiger charge is 2.59. The molecule has 4 aliphatic heterocycles. The van der Waals surface area contributed by atoms with Gasteiger partial charge in [0.2, 0.25) is 12.7 Å². The molecule has 1 saturated heterocycles. The van der Waals surface area contributed by atoms with Gasteiger partial charge in [-0.3, -0.25) is 14.5 Å². The van der Waals surface area contributed by atoms with Crippen molar-refractivity contribution in [1.29, 1.82) is 0 Å². The van der Waals surface area contributed by atoms with E-state index in [4.69, 9.17) is 18.9 Å². The Hall–Kier alpha value is -3.50. The fourth-order valence-electron chi connectivity index (χ4n) is 6.66. The molecule has 0 radical (unpaired) electrons. The highest BCUT2D eigenvalue weighted by atomic mass is 16.7. The van der Waals surface area contributed by atoms with Crippen LogP contribution in [0.1, 0.15) is 50.3 Å². The summed E-state index contributed by atoms with van der Waals surface area (Å²) in [5, 5.41) is 21.9. The second-order valence-corrected chi connectivity index (χ2v) is 9.74. The van der Waals surface area contributed by atoms with Crippen LogP contribution in [0.4, 0.5) is 0 Å². The fraction of sp³-hybridized carbons (Fsp3) is 0.462. The van der Waals surface area contributed by atoms with Gasteiger partial charge in [-0.1, -0.05) is 6.07 Å². The van der Waals surface area contributed by atoms with Crippen molar-refractivity contribution < 1.29 is 38.7 Å². The van der Waals surface area contributed by atoms with Gasteiger partial charge in [0.15, 0.2) is 28.8 Å². The molecule has 3 unspecified atom stereocenters. The lowest BCUT2D eigenvalue weighted by molar-refractivity contribution is -0.155. The Labute approximate surface area is 207 Å². The number of piperazine rings is 1. The summed E-state index contributed by atoms with van der Waals surface area (Å²) in [6.45, 7) is 3.16. The molecule has 2 N–H and O–H groups in total. The summed E-state index contributed by atoms with van der Waals surface area (Å²) in [5.74, 6) is 0.822. The van der Waals surface area contributed by atoms with E-state index in [2.05, 4.69) is 0 Å². The van der Waals surface area contributed by atoms with Gasteiger partial charge in [0, 0.05) is 16.7 Å².